The van der Waals surface area contributed by atoms with E-state index in [1.165, 1.54) is 0 Å². The van der Waals surface area contributed by atoms with E-state index in [0.29, 0.717) is 52.5 Å². The van der Waals surface area contributed by atoms with Gasteiger partial charge in [0.2, 0.25) is 0 Å². The first kappa shape index (κ1) is 59.7. The number of carbonyl (C=O) groups excluding carboxylic acids is 6. The molecule has 0 saturated heterocycles. The molecule has 1 aromatic heterocycles. The molecule has 66 heavy (non-hydrogen) atoms. The number of aromatic nitrogens is 3. The number of carboxylic acids is 2. The third-order valence-corrected chi connectivity index (χ3v) is 14.7. The Labute approximate surface area is 395 Å². The standard InChI is InChI=1S/C39H62N4O19S3Si/c1-7-60-66(61-8-2,62-9-3)22-10-15-40-36(53)65-28(6)25-33(50)59-21-18-43-38(55)41(16-19-57-31(48)23-26(4)63-34(51)13-11-29(44)45)37(54)42(39(43)56)17-20-58-32(49)24-27(5)64-35(52)14-12-30(46)47/h26-28H,7-25H2,1-6H3,(H,40,53)(H,44,45)(H,46,47). The van der Waals surface area contributed by atoms with E-state index in [2.05, 4.69) is 5.32 Å². The van der Waals surface area contributed by atoms with Crippen LogP contribution in [0, 0.1) is 0 Å². The number of hydrogen-bond donors (Lipinski definition) is 3. The summed E-state index contributed by atoms with van der Waals surface area (Å²) < 4.78 is 34.9. The van der Waals surface area contributed by atoms with Gasteiger partial charge in [0.1, 0.15) is 19.8 Å². The molecular weight excluding hydrogens is 953 g/mol. The predicted molar refractivity (Wildman–Crippen MR) is 244 cm³/mol. The molecule has 0 fully saturated rings. The topological polar surface area (TPSA) is 310 Å². The molecule has 0 aliphatic carbocycles. The van der Waals surface area contributed by atoms with Gasteiger partial charge < -0.3 is 43.0 Å². The van der Waals surface area contributed by atoms with Gasteiger partial charge >= 0.3 is 55.7 Å². The van der Waals surface area contributed by atoms with Crippen molar-refractivity contribution in [2.24, 2.45) is 0 Å². The van der Waals surface area contributed by atoms with Gasteiger partial charge in [0, 0.05) is 61.0 Å². The summed E-state index contributed by atoms with van der Waals surface area (Å²) in [4.78, 5) is 136. The number of nitrogens with one attached hydrogen (secondary N) is 1. The van der Waals surface area contributed by atoms with Crippen molar-refractivity contribution in [3.05, 3.63) is 31.5 Å². The normalized spacial score (nSPS) is 12.7. The van der Waals surface area contributed by atoms with Gasteiger partial charge in [-0.1, -0.05) is 56.1 Å². The summed E-state index contributed by atoms with van der Waals surface area (Å²) in [7, 11) is -2.88. The first-order chi connectivity index (χ1) is 31.2. The van der Waals surface area contributed by atoms with Crippen molar-refractivity contribution >= 4 is 89.4 Å². The SMILES string of the molecule is CCO[Si](CCCNC(=O)SC(C)CC(=O)OCCn1c(=O)n(CCOC(=O)CC(C)SC(=O)CCC(=O)O)c(=O)n(CCOC(=O)CC(C)SC(=O)CCC(=O)O)c1=O)(OCC)OCC. The zero-order valence-corrected chi connectivity index (χ0v) is 41.5. The van der Waals surface area contributed by atoms with Gasteiger partial charge in [-0.3, -0.25) is 38.4 Å². The van der Waals surface area contributed by atoms with Gasteiger partial charge in [0.15, 0.2) is 10.2 Å². The largest absolute Gasteiger partial charge is 0.500 e. The molecule has 1 aromatic rings. The third-order valence-electron chi connectivity index (χ3n) is 8.56. The molecule has 0 spiro atoms. The van der Waals surface area contributed by atoms with Gasteiger partial charge in [-0.15, -0.1) is 0 Å². The number of rotatable bonds is 34. The Kier molecular flexibility index (Phi) is 29.3. The van der Waals surface area contributed by atoms with Crippen molar-refractivity contribution in [3.8, 4) is 0 Å². The smallest absolute Gasteiger partial charge is 0.481 e. The molecule has 0 radical (unpaired) electrons. The first-order valence-corrected chi connectivity index (χ1v) is 25.8. The quantitative estimate of drug-likeness (QED) is 0.0386. The number of ether oxygens (including phenoxy) is 3. The molecule has 1 rings (SSSR count). The lowest BCUT2D eigenvalue weighted by Gasteiger charge is -2.28. The van der Waals surface area contributed by atoms with E-state index in [1.54, 1.807) is 20.8 Å². The maximum Gasteiger partial charge on any atom is 0.500 e. The van der Waals surface area contributed by atoms with Gasteiger partial charge in [-0.05, 0) is 27.2 Å². The van der Waals surface area contributed by atoms with E-state index in [1.807, 2.05) is 20.8 Å². The van der Waals surface area contributed by atoms with E-state index >= 15 is 0 Å². The van der Waals surface area contributed by atoms with Crippen LogP contribution in [0.1, 0.15) is 92.9 Å². The van der Waals surface area contributed by atoms with Crippen molar-refractivity contribution in [1.29, 1.82) is 0 Å². The molecule has 3 N–H and O–H groups in total. The van der Waals surface area contributed by atoms with Crippen LogP contribution >= 0.6 is 35.3 Å². The second-order valence-corrected chi connectivity index (χ2v) is 21.3. The highest BCUT2D eigenvalue weighted by molar-refractivity contribution is 8.14. The molecule has 0 aromatic carbocycles. The minimum absolute atomic E-state index is 0.219. The fraction of sp³-hybridized carbons (Fsp3) is 0.718. The van der Waals surface area contributed by atoms with Crippen molar-refractivity contribution in [2.75, 3.05) is 46.2 Å². The van der Waals surface area contributed by atoms with Crippen LogP contribution in [0.4, 0.5) is 4.79 Å². The Morgan fingerprint density at radius 3 is 1.21 bits per heavy atom. The van der Waals surface area contributed by atoms with Crippen LogP contribution in [-0.2, 0) is 80.7 Å². The first-order valence-electron chi connectivity index (χ1n) is 21.3. The average Bonchev–Trinajstić information content (AvgIpc) is 3.21. The molecular formula is C39H62N4O19S3Si. The van der Waals surface area contributed by atoms with E-state index < -0.39 is 121 Å². The Hall–Kier alpha value is -4.28. The summed E-state index contributed by atoms with van der Waals surface area (Å²) in [6.45, 7) is 8.64. The molecule has 23 nitrogen and oxygen atoms in total. The third kappa shape index (κ3) is 24.5. The molecule has 0 saturated carbocycles. The van der Waals surface area contributed by atoms with Gasteiger partial charge in [0.05, 0.1) is 51.7 Å². The maximum absolute atomic E-state index is 13.5. The summed E-state index contributed by atoms with van der Waals surface area (Å²) in [5.41, 5.74) is -3.42. The highest BCUT2D eigenvalue weighted by atomic mass is 32.2. The number of aliphatic carboxylic acids is 2. The second kappa shape index (κ2) is 32.4. The monoisotopic (exact) mass is 1010 g/mol. The lowest BCUT2D eigenvalue weighted by molar-refractivity contribution is -0.144. The predicted octanol–water partition coefficient (Wildman–Crippen LogP) is 2.27. The number of thioether (sulfide) groups is 3. The van der Waals surface area contributed by atoms with Crippen molar-refractivity contribution < 1.29 is 76.1 Å². The minimum Gasteiger partial charge on any atom is -0.481 e. The van der Waals surface area contributed by atoms with Crippen LogP contribution in [0.15, 0.2) is 14.4 Å². The number of esters is 3. The van der Waals surface area contributed by atoms with E-state index in [-0.39, 0.29) is 50.2 Å². The number of carbonyl (C=O) groups is 8. The Bertz CT molecular complexity index is 1860. The molecule has 0 aliphatic rings. The summed E-state index contributed by atoms with van der Waals surface area (Å²) in [6.07, 6.45) is -1.44. The summed E-state index contributed by atoms with van der Waals surface area (Å²) >= 11 is 2.40. The van der Waals surface area contributed by atoms with Crippen molar-refractivity contribution in [1.82, 2.24) is 19.0 Å². The number of carboxylic acid groups (broad SMARTS) is 2. The van der Waals surface area contributed by atoms with Gasteiger partial charge in [-0.25, -0.2) is 28.1 Å². The van der Waals surface area contributed by atoms with Crippen LogP contribution in [0.25, 0.3) is 0 Å². The van der Waals surface area contributed by atoms with Crippen LogP contribution in [0.2, 0.25) is 6.04 Å². The van der Waals surface area contributed by atoms with E-state index in [0.717, 1.165) is 35.3 Å². The molecule has 374 valence electrons. The van der Waals surface area contributed by atoms with E-state index in [9.17, 15) is 52.7 Å². The van der Waals surface area contributed by atoms with Gasteiger partial charge in [-0.2, -0.15) is 0 Å². The summed E-state index contributed by atoms with van der Waals surface area (Å²) in [5.74, 6) is -4.65. The molecule has 0 aliphatic heterocycles. The van der Waals surface area contributed by atoms with Crippen molar-refractivity contribution in [3.63, 3.8) is 0 Å². The zero-order chi connectivity index (χ0) is 49.8. The molecule has 3 atom stereocenters. The fourth-order valence-electron chi connectivity index (χ4n) is 5.72. The Morgan fingerprint density at radius 1 is 0.561 bits per heavy atom. The minimum atomic E-state index is -2.88. The fourth-order valence-corrected chi connectivity index (χ4v) is 10.9. The molecule has 1 amide bonds. The zero-order valence-electron chi connectivity index (χ0n) is 38.1. The Balaban J connectivity index is 3.01. The summed E-state index contributed by atoms with van der Waals surface area (Å²) in [5, 5.41) is 17.3. The Morgan fingerprint density at radius 2 is 0.894 bits per heavy atom. The molecule has 27 heteroatoms. The second-order valence-electron chi connectivity index (χ2n) is 14.2. The van der Waals surface area contributed by atoms with Gasteiger partial charge in [0.25, 0.3) is 5.24 Å². The highest BCUT2D eigenvalue weighted by Gasteiger charge is 2.39. The number of amides is 1. The van der Waals surface area contributed by atoms with E-state index in [4.69, 9.17) is 37.7 Å². The molecule has 0 bridgehead atoms. The number of hydrogen-bond acceptors (Lipinski definition) is 20. The van der Waals surface area contributed by atoms with Crippen LogP contribution in [0.5, 0.6) is 0 Å². The highest BCUT2D eigenvalue weighted by Crippen LogP contribution is 2.21. The average molecular weight is 1020 g/mol. The van der Waals surface area contributed by atoms with Crippen molar-refractivity contribution in [2.45, 2.75) is 134 Å². The molecule has 3 unspecified atom stereocenters. The van der Waals surface area contributed by atoms with Crippen LogP contribution in [-0.4, -0.2) is 140 Å². The van der Waals surface area contributed by atoms with Crippen LogP contribution < -0.4 is 22.4 Å². The molecule has 1 heterocycles. The number of nitrogens with zero attached hydrogens (tertiary/aromatic N) is 3. The van der Waals surface area contributed by atoms with Crippen LogP contribution in [0.3, 0.4) is 0 Å². The maximum atomic E-state index is 13.5. The lowest BCUT2D eigenvalue weighted by Crippen LogP contribution is -2.55. The summed E-state index contributed by atoms with van der Waals surface area (Å²) in [6, 6.07) is 0.493. The lowest BCUT2D eigenvalue weighted by atomic mass is 10.3.